The molecular formula is C20H31N3O3. The van der Waals surface area contributed by atoms with E-state index in [1.54, 1.807) is 0 Å². The highest BCUT2D eigenvalue weighted by Crippen LogP contribution is 2.26. The van der Waals surface area contributed by atoms with Crippen LogP contribution in [-0.2, 0) is 16.0 Å². The Morgan fingerprint density at radius 3 is 2.42 bits per heavy atom. The Hall–Kier alpha value is -1.85. The summed E-state index contributed by atoms with van der Waals surface area (Å²) in [6, 6.07) is 0.183. The summed E-state index contributed by atoms with van der Waals surface area (Å²) in [5.74, 6) is 1.45. The average molecular weight is 361 g/mol. The Morgan fingerprint density at radius 1 is 1.12 bits per heavy atom. The van der Waals surface area contributed by atoms with E-state index >= 15 is 0 Å². The van der Waals surface area contributed by atoms with Crippen molar-refractivity contribution < 1.29 is 14.1 Å². The highest BCUT2D eigenvalue weighted by molar-refractivity contribution is 5.79. The zero-order valence-electron chi connectivity index (χ0n) is 16.1. The van der Waals surface area contributed by atoms with E-state index in [9.17, 15) is 9.59 Å². The predicted octanol–water partition coefficient (Wildman–Crippen LogP) is 2.91. The van der Waals surface area contributed by atoms with Crippen LogP contribution in [-0.4, -0.2) is 41.0 Å². The Labute approximate surface area is 155 Å². The molecule has 3 rings (SSSR count). The van der Waals surface area contributed by atoms with E-state index in [4.69, 9.17) is 4.52 Å². The number of piperidine rings is 1. The van der Waals surface area contributed by atoms with Crippen LogP contribution in [0.25, 0.3) is 0 Å². The normalized spacial score (nSPS) is 19.5. The number of carbonyl (C=O) groups is 2. The summed E-state index contributed by atoms with van der Waals surface area (Å²) in [4.78, 5) is 26.9. The summed E-state index contributed by atoms with van der Waals surface area (Å²) >= 11 is 0. The van der Waals surface area contributed by atoms with Crippen molar-refractivity contribution in [2.45, 2.75) is 77.7 Å². The van der Waals surface area contributed by atoms with Gasteiger partial charge in [-0.15, -0.1) is 0 Å². The van der Waals surface area contributed by atoms with E-state index in [1.165, 1.54) is 19.3 Å². The van der Waals surface area contributed by atoms with Crippen LogP contribution in [0.15, 0.2) is 4.52 Å². The van der Waals surface area contributed by atoms with E-state index in [0.717, 1.165) is 55.8 Å². The van der Waals surface area contributed by atoms with Gasteiger partial charge >= 0.3 is 0 Å². The first-order valence-electron chi connectivity index (χ1n) is 10.0. The molecule has 1 saturated carbocycles. The second-order valence-electron chi connectivity index (χ2n) is 7.80. The largest absolute Gasteiger partial charge is 0.361 e. The fourth-order valence-corrected chi connectivity index (χ4v) is 4.25. The molecule has 0 bridgehead atoms. The minimum atomic E-state index is 0.0713. The Morgan fingerprint density at radius 2 is 1.81 bits per heavy atom. The van der Waals surface area contributed by atoms with Crippen LogP contribution in [0.4, 0.5) is 0 Å². The number of nitrogens with zero attached hydrogens (tertiary/aromatic N) is 2. The molecule has 0 aromatic carbocycles. The summed E-state index contributed by atoms with van der Waals surface area (Å²) in [6.45, 7) is 5.32. The molecule has 2 aliphatic rings. The molecule has 0 radical (unpaired) electrons. The fraction of sp³-hybridized carbons (Fsp3) is 0.750. The molecule has 0 atom stereocenters. The molecule has 1 aromatic rings. The fourth-order valence-electron chi connectivity index (χ4n) is 4.25. The van der Waals surface area contributed by atoms with Crippen LogP contribution in [0.1, 0.15) is 68.4 Å². The molecule has 2 heterocycles. The molecule has 1 aromatic heterocycles. The maximum Gasteiger partial charge on any atom is 0.225 e. The maximum absolute atomic E-state index is 12.6. The molecule has 2 fully saturated rings. The minimum Gasteiger partial charge on any atom is -0.361 e. The van der Waals surface area contributed by atoms with Gasteiger partial charge in [0.1, 0.15) is 5.76 Å². The molecule has 1 aliphatic carbocycles. The molecule has 6 heteroatoms. The summed E-state index contributed by atoms with van der Waals surface area (Å²) in [6.07, 6.45) is 8.57. The lowest BCUT2D eigenvalue weighted by Gasteiger charge is -2.35. The number of rotatable bonds is 5. The van der Waals surface area contributed by atoms with Gasteiger partial charge in [-0.05, 0) is 46.0 Å². The van der Waals surface area contributed by atoms with Crippen LogP contribution in [0.3, 0.4) is 0 Å². The quantitative estimate of drug-likeness (QED) is 0.875. The lowest BCUT2D eigenvalue weighted by atomic mass is 9.87. The number of aromatic nitrogens is 1. The minimum absolute atomic E-state index is 0.0713. The third-order valence-electron chi connectivity index (χ3n) is 5.91. The zero-order valence-corrected chi connectivity index (χ0v) is 16.1. The van der Waals surface area contributed by atoms with Gasteiger partial charge in [-0.3, -0.25) is 9.59 Å². The van der Waals surface area contributed by atoms with E-state index in [2.05, 4.69) is 10.5 Å². The number of amides is 2. The van der Waals surface area contributed by atoms with Crippen molar-refractivity contribution in [1.82, 2.24) is 15.4 Å². The predicted molar refractivity (Wildman–Crippen MR) is 98.6 cm³/mol. The van der Waals surface area contributed by atoms with Crippen molar-refractivity contribution in [3.63, 3.8) is 0 Å². The van der Waals surface area contributed by atoms with E-state index in [-0.39, 0.29) is 17.9 Å². The number of hydrogen-bond acceptors (Lipinski definition) is 4. The molecule has 26 heavy (non-hydrogen) atoms. The number of hydrogen-bond donors (Lipinski definition) is 1. The third kappa shape index (κ3) is 4.65. The van der Waals surface area contributed by atoms with Gasteiger partial charge in [0.15, 0.2) is 0 Å². The smallest absolute Gasteiger partial charge is 0.225 e. The van der Waals surface area contributed by atoms with E-state index in [0.29, 0.717) is 18.7 Å². The number of carbonyl (C=O) groups excluding carboxylic acids is 2. The number of aryl methyl sites for hydroxylation is 2. The Kier molecular flexibility index (Phi) is 6.33. The van der Waals surface area contributed by atoms with E-state index in [1.807, 2.05) is 18.7 Å². The summed E-state index contributed by atoms with van der Waals surface area (Å²) in [7, 11) is 0. The summed E-state index contributed by atoms with van der Waals surface area (Å²) in [5.41, 5.74) is 1.90. The standard InChI is InChI=1S/C20H31N3O3/c1-14-18(15(2)26-22-14)8-9-19(24)21-17-10-12-23(13-11-17)20(25)16-6-4-3-5-7-16/h16-17H,3-13H2,1-2H3,(H,21,24). The van der Waals surface area contributed by atoms with Crippen LogP contribution in [0.5, 0.6) is 0 Å². The maximum atomic E-state index is 12.6. The first-order valence-corrected chi connectivity index (χ1v) is 10.0. The second-order valence-corrected chi connectivity index (χ2v) is 7.80. The topological polar surface area (TPSA) is 75.4 Å². The van der Waals surface area contributed by atoms with Gasteiger partial charge in [-0.25, -0.2) is 0 Å². The van der Waals surface area contributed by atoms with Gasteiger partial charge < -0.3 is 14.7 Å². The van der Waals surface area contributed by atoms with Crippen molar-refractivity contribution >= 4 is 11.8 Å². The first kappa shape index (κ1) is 18.9. The summed E-state index contributed by atoms with van der Waals surface area (Å²) in [5, 5.41) is 7.06. The van der Waals surface area contributed by atoms with Crippen molar-refractivity contribution in [2.24, 2.45) is 5.92 Å². The van der Waals surface area contributed by atoms with E-state index < -0.39 is 0 Å². The monoisotopic (exact) mass is 361 g/mol. The Bertz CT molecular complexity index is 607. The zero-order chi connectivity index (χ0) is 18.5. The average Bonchev–Trinajstić information content (AvgIpc) is 2.98. The lowest BCUT2D eigenvalue weighted by Crippen LogP contribution is -2.48. The highest BCUT2D eigenvalue weighted by atomic mass is 16.5. The van der Waals surface area contributed by atoms with Gasteiger partial charge in [0, 0.05) is 37.0 Å². The second kappa shape index (κ2) is 8.69. The number of likely N-dealkylation sites (tertiary alicyclic amines) is 1. The van der Waals surface area contributed by atoms with Crippen molar-refractivity contribution in [3.8, 4) is 0 Å². The SMILES string of the molecule is Cc1noc(C)c1CCC(=O)NC1CCN(C(=O)C2CCCCC2)CC1. The molecule has 1 N–H and O–H groups in total. The first-order chi connectivity index (χ1) is 12.5. The van der Waals surface area contributed by atoms with Crippen molar-refractivity contribution in [1.29, 1.82) is 0 Å². The van der Waals surface area contributed by atoms with Gasteiger partial charge in [0.2, 0.25) is 11.8 Å². The summed E-state index contributed by atoms with van der Waals surface area (Å²) < 4.78 is 5.14. The molecule has 2 amide bonds. The number of nitrogens with one attached hydrogen (secondary N) is 1. The molecular weight excluding hydrogens is 330 g/mol. The van der Waals surface area contributed by atoms with Crippen molar-refractivity contribution in [2.75, 3.05) is 13.1 Å². The van der Waals surface area contributed by atoms with Crippen LogP contribution in [0.2, 0.25) is 0 Å². The van der Waals surface area contributed by atoms with Gasteiger partial charge in [-0.1, -0.05) is 24.4 Å². The van der Waals surface area contributed by atoms with Crippen LogP contribution < -0.4 is 5.32 Å². The lowest BCUT2D eigenvalue weighted by molar-refractivity contribution is -0.137. The van der Waals surface area contributed by atoms with Crippen LogP contribution in [0, 0.1) is 19.8 Å². The van der Waals surface area contributed by atoms with Crippen molar-refractivity contribution in [3.05, 3.63) is 17.0 Å². The van der Waals surface area contributed by atoms with Gasteiger partial charge in [0.25, 0.3) is 0 Å². The molecule has 6 nitrogen and oxygen atoms in total. The molecule has 1 saturated heterocycles. The Balaban J connectivity index is 1.39. The molecule has 144 valence electrons. The van der Waals surface area contributed by atoms with Gasteiger partial charge in [0.05, 0.1) is 5.69 Å². The van der Waals surface area contributed by atoms with Gasteiger partial charge in [-0.2, -0.15) is 0 Å². The highest BCUT2D eigenvalue weighted by Gasteiger charge is 2.29. The molecule has 1 aliphatic heterocycles. The third-order valence-corrected chi connectivity index (χ3v) is 5.91. The van der Waals surface area contributed by atoms with Crippen LogP contribution >= 0.6 is 0 Å². The molecule has 0 spiro atoms. The molecule has 0 unspecified atom stereocenters.